The van der Waals surface area contributed by atoms with Gasteiger partial charge in [-0.25, -0.2) is 9.59 Å². The average Bonchev–Trinajstić information content (AvgIpc) is 2.74. The summed E-state index contributed by atoms with van der Waals surface area (Å²) >= 11 is 0. The molecule has 3 unspecified atom stereocenters. The molecule has 0 saturated heterocycles. The van der Waals surface area contributed by atoms with Gasteiger partial charge in [0.05, 0.1) is 5.92 Å². The monoisotopic (exact) mass is 483 g/mol. The van der Waals surface area contributed by atoms with Crippen LogP contribution in [0.4, 0.5) is 4.79 Å². The molecule has 0 bridgehead atoms. The van der Waals surface area contributed by atoms with Crippen LogP contribution in [0.3, 0.4) is 0 Å². The minimum atomic E-state index is -2.19. The van der Waals surface area contributed by atoms with Gasteiger partial charge in [-0.3, -0.25) is 10.1 Å². The van der Waals surface area contributed by atoms with E-state index in [9.17, 15) is 24.1 Å². The molecule has 0 radical (unpaired) electrons. The van der Waals surface area contributed by atoms with Crippen molar-refractivity contribution in [2.24, 2.45) is 17.8 Å². The van der Waals surface area contributed by atoms with Crippen molar-refractivity contribution in [3.63, 3.8) is 0 Å². The number of nitrogens with one attached hydrogen (secondary N) is 2. The summed E-state index contributed by atoms with van der Waals surface area (Å²) in [6.45, 7) is 7.63. The van der Waals surface area contributed by atoms with Gasteiger partial charge >= 0.3 is 25.8 Å². The summed E-state index contributed by atoms with van der Waals surface area (Å²) in [5.74, 6) is -3.22. The zero-order valence-electron chi connectivity index (χ0n) is 19.9. The second-order valence-corrected chi connectivity index (χ2v) is 10.4. The second-order valence-electron chi connectivity index (χ2n) is 8.75. The van der Waals surface area contributed by atoms with Gasteiger partial charge in [0.2, 0.25) is 5.91 Å². The Bertz CT molecular complexity index is 786. The van der Waals surface area contributed by atoms with Crippen LogP contribution in [0.5, 0.6) is 0 Å². The van der Waals surface area contributed by atoms with Crippen LogP contribution in [-0.4, -0.2) is 48.4 Å². The smallest absolute Gasteiger partial charge is 0.412 e. The number of hydrogen-bond donors (Lipinski definition) is 3. The first-order valence-electron chi connectivity index (χ1n) is 11.0. The molecule has 4 atom stereocenters. The van der Waals surface area contributed by atoms with Crippen molar-refractivity contribution in [3.8, 4) is 0 Å². The Morgan fingerprint density at radius 1 is 1.00 bits per heavy atom. The Hall–Kier alpha value is -2.51. The van der Waals surface area contributed by atoms with E-state index in [4.69, 9.17) is 9.47 Å². The quantitative estimate of drug-likeness (QED) is 0.270. The van der Waals surface area contributed by atoms with E-state index in [-0.39, 0.29) is 31.0 Å². The van der Waals surface area contributed by atoms with E-state index in [1.165, 1.54) is 7.11 Å². The van der Waals surface area contributed by atoms with Crippen LogP contribution in [-0.2, 0) is 30.2 Å². The number of ether oxygens (including phenoxy) is 2. The van der Waals surface area contributed by atoms with Crippen molar-refractivity contribution in [2.75, 3.05) is 13.3 Å². The predicted molar refractivity (Wildman–Crippen MR) is 125 cm³/mol. The number of benzene rings is 1. The molecule has 33 heavy (non-hydrogen) atoms. The van der Waals surface area contributed by atoms with Gasteiger partial charge in [-0.1, -0.05) is 62.6 Å². The molecule has 0 aromatic heterocycles. The van der Waals surface area contributed by atoms with Crippen molar-refractivity contribution >= 4 is 25.8 Å². The van der Waals surface area contributed by atoms with Crippen molar-refractivity contribution in [2.45, 2.75) is 59.2 Å². The molecule has 0 aliphatic rings. The Balaban J connectivity index is 2.76. The first-order valence-corrected chi connectivity index (χ1v) is 12.5. The SMILES string of the molecule is COC(NC(=O)OCc1ccccc1)[P+](=O)CC(CC(C)C)C(=O)N[C@@H](CC(C)C)C(=O)O. The summed E-state index contributed by atoms with van der Waals surface area (Å²) in [6.07, 6.45) is -0.153. The van der Waals surface area contributed by atoms with Crippen LogP contribution in [0.1, 0.15) is 46.1 Å². The Morgan fingerprint density at radius 3 is 2.12 bits per heavy atom. The molecule has 0 aliphatic carbocycles. The molecule has 2 amide bonds. The number of rotatable bonds is 14. The molecule has 0 aliphatic heterocycles. The summed E-state index contributed by atoms with van der Waals surface area (Å²) in [4.78, 5) is 36.5. The molecule has 0 spiro atoms. The number of alkyl carbamates (subject to hydrolysis) is 1. The lowest BCUT2D eigenvalue weighted by Crippen LogP contribution is -2.45. The molecule has 10 heteroatoms. The topological polar surface area (TPSA) is 131 Å². The highest BCUT2D eigenvalue weighted by molar-refractivity contribution is 7.45. The first kappa shape index (κ1) is 28.5. The van der Waals surface area contributed by atoms with Gasteiger partial charge in [0.25, 0.3) is 0 Å². The van der Waals surface area contributed by atoms with E-state index in [0.717, 1.165) is 5.56 Å². The summed E-state index contributed by atoms with van der Waals surface area (Å²) in [5.41, 5.74) is 0.800. The first-order chi connectivity index (χ1) is 15.5. The molecular weight excluding hydrogens is 447 g/mol. The molecule has 0 fully saturated rings. The highest BCUT2D eigenvalue weighted by atomic mass is 31.1. The third kappa shape index (κ3) is 11.3. The third-order valence-electron chi connectivity index (χ3n) is 4.79. The minimum Gasteiger partial charge on any atom is -0.480 e. The number of carboxylic acids is 1. The largest absolute Gasteiger partial charge is 0.480 e. The molecule has 3 N–H and O–H groups in total. The number of hydrogen-bond acceptors (Lipinski definition) is 6. The van der Waals surface area contributed by atoms with Crippen molar-refractivity contribution in [1.82, 2.24) is 10.6 Å². The fraction of sp³-hybridized carbons (Fsp3) is 0.609. The standard InChI is InChI=1S/C23H35N2O7P/c1-15(2)11-18(20(26)24-19(21(27)28)12-16(3)4)14-33(30)23(31-5)25-22(29)32-13-17-9-7-6-8-10-17/h6-10,15-16,18-19,23H,11-14H2,1-5H3,(H2-,24,25,26,27,28,29)/p+1/t18?,19-,23?/m0/s1. The molecular formula is C23H36N2O7P+. The zero-order chi connectivity index (χ0) is 25.0. The molecule has 184 valence electrons. The van der Waals surface area contributed by atoms with Crippen molar-refractivity contribution in [1.29, 1.82) is 0 Å². The number of methoxy groups -OCH3 is 1. The van der Waals surface area contributed by atoms with Crippen LogP contribution < -0.4 is 10.6 Å². The highest BCUT2D eigenvalue weighted by Crippen LogP contribution is 2.32. The molecule has 9 nitrogen and oxygen atoms in total. The van der Waals surface area contributed by atoms with Crippen LogP contribution in [0.15, 0.2) is 30.3 Å². The molecule has 0 saturated carbocycles. The summed E-state index contributed by atoms with van der Waals surface area (Å²) in [6, 6.07) is 8.08. The number of carboxylic acid groups (broad SMARTS) is 1. The number of aliphatic carboxylic acids is 1. The molecule has 1 aromatic carbocycles. The van der Waals surface area contributed by atoms with Crippen molar-refractivity contribution < 1.29 is 33.5 Å². The molecule has 1 aromatic rings. The fourth-order valence-electron chi connectivity index (χ4n) is 3.24. The van der Waals surface area contributed by atoms with Gasteiger partial charge in [0.1, 0.15) is 12.6 Å². The number of carbonyl (C=O) groups is 3. The van der Waals surface area contributed by atoms with Gasteiger partial charge in [-0.05, 0) is 30.2 Å². The lowest BCUT2D eigenvalue weighted by atomic mass is 9.96. The van der Waals surface area contributed by atoms with Crippen LogP contribution in [0.25, 0.3) is 0 Å². The zero-order valence-corrected chi connectivity index (χ0v) is 20.8. The van der Waals surface area contributed by atoms with Crippen molar-refractivity contribution in [3.05, 3.63) is 35.9 Å². The van der Waals surface area contributed by atoms with Gasteiger partial charge in [-0.2, -0.15) is 0 Å². The fourth-order valence-corrected chi connectivity index (χ4v) is 4.67. The van der Waals surface area contributed by atoms with Gasteiger partial charge in [0.15, 0.2) is 6.16 Å². The second kappa shape index (κ2) is 14.6. The normalized spacial score (nSPS) is 14.3. The van der Waals surface area contributed by atoms with Crippen LogP contribution in [0, 0.1) is 17.8 Å². The van der Waals surface area contributed by atoms with E-state index in [1.54, 1.807) is 12.1 Å². The minimum absolute atomic E-state index is 0.0463. The average molecular weight is 484 g/mol. The maximum atomic E-state index is 12.9. The summed E-state index contributed by atoms with van der Waals surface area (Å²) in [7, 11) is -0.892. The van der Waals surface area contributed by atoms with E-state index in [2.05, 4.69) is 10.6 Å². The molecule has 0 heterocycles. The highest BCUT2D eigenvalue weighted by Gasteiger charge is 2.39. The maximum Gasteiger partial charge on any atom is 0.412 e. The number of amides is 2. The van der Waals surface area contributed by atoms with Gasteiger partial charge in [0, 0.05) is 7.11 Å². The van der Waals surface area contributed by atoms with Crippen LogP contribution in [0.2, 0.25) is 0 Å². The van der Waals surface area contributed by atoms with E-state index >= 15 is 0 Å². The lowest BCUT2D eigenvalue weighted by Gasteiger charge is -2.21. The third-order valence-corrected chi connectivity index (χ3v) is 6.45. The van der Waals surface area contributed by atoms with E-state index < -0.39 is 43.7 Å². The summed E-state index contributed by atoms with van der Waals surface area (Å²) < 4.78 is 23.2. The number of carbonyl (C=O) groups excluding carboxylic acids is 2. The van der Waals surface area contributed by atoms with E-state index in [1.807, 2.05) is 45.9 Å². The Morgan fingerprint density at radius 2 is 1.61 bits per heavy atom. The maximum absolute atomic E-state index is 12.9. The summed E-state index contributed by atoms with van der Waals surface area (Å²) in [5, 5.41) is 14.4. The van der Waals surface area contributed by atoms with Gasteiger partial charge in [-0.15, -0.1) is 0 Å². The lowest BCUT2D eigenvalue weighted by molar-refractivity contribution is -0.142. The predicted octanol–water partition coefficient (Wildman–Crippen LogP) is 3.95. The van der Waals surface area contributed by atoms with Gasteiger partial charge < -0.3 is 19.9 Å². The van der Waals surface area contributed by atoms with E-state index in [0.29, 0.717) is 6.42 Å². The van der Waals surface area contributed by atoms with Crippen LogP contribution >= 0.6 is 7.80 Å². The Labute approximate surface area is 196 Å². The molecule has 1 rings (SSSR count). The Kier molecular flexibility index (Phi) is 12.6.